The van der Waals surface area contributed by atoms with Gasteiger partial charge in [0.15, 0.2) is 0 Å². The Kier molecular flexibility index (Phi) is 5.03. The lowest BCUT2D eigenvalue weighted by atomic mass is 10.1. The van der Waals surface area contributed by atoms with E-state index in [2.05, 4.69) is 10.6 Å². The van der Waals surface area contributed by atoms with E-state index in [0.717, 1.165) is 12.8 Å². The molecule has 0 aromatic heterocycles. The van der Waals surface area contributed by atoms with E-state index in [1.807, 2.05) is 0 Å². The summed E-state index contributed by atoms with van der Waals surface area (Å²) in [6.45, 7) is 0. The van der Waals surface area contributed by atoms with Crippen molar-refractivity contribution in [1.82, 2.24) is 5.32 Å². The van der Waals surface area contributed by atoms with Gasteiger partial charge in [-0.1, -0.05) is 6.42 Å². The summed E-state index contributed by atoms with van der Waals surface area (Å²) >= 11 is 0. The molecule has 1 aliphatic rings. The fourth-order valence-corrected chi connectivity index (χ4v) is 2.30. The Labute approximate surface area is 123 Å². The van der Waals surface area contributed by atoms with E-state index in [1.54, 1.807) is 25.3 Å². The van der Waals surface area contributed by atoms with E-state index >= 15 is 0 Å². The smallest absolute Gasteiger partial charge is 0.247 e. The van der Waals surface area contributed by atoms with Crippen LogP contribution >= 0.6 is 0 Å². The van der Waals surface area contributed by atoms with Gasteiger partial charge in [-0.15, -0.1) is 0 Å². The first-order valence-electron chi connectivity index (χ1n) is 6.96. The van der Waals surface area contributed by atoms with Crippen LogP contribution < -0.4 is 20.1 Å². The quantitative estimate of drug-likeness (QED) is 0.885. The van der Waals surface area contributed by atoms with E-state index in [4.69, 9.17) is 9.47 Å². The maximum Gasteiger partial charge on any atom is 0.247 e. The highest BCUT2D eigenvalue weighted by Gasteiger charge is 2.23. The average Bonchev–Trinajstić information content (AvgIpc) is 2.71. The number of amides is 2. The number of anilines is 1. The van der Waals surface area contributed by atoms with Crippen LogP contribution in [-0.4, -0.2) is 32.1 Å². The second-order valence-electron chi connectivity index (χ2n) is 4.92. The van der Waals surface area contributed by atoms with E-state index < -0.39 is 6.04 Å². The van der Waals surface area contributed by atoms with Crippen molar-refractivity contribution in [2.24, 2.45) is 0 Å². The summed E-state index contributed by atoms with van der Waals surface area (Å²) in [6.07, 6.45) is 2.79. The molecule has 0 bridgehead atoms. The maximum absolute atomic E-state index is 12.3. The molecule has 1 aliphatic heterocycles. The van der Waals surface area contributed by atoms with Crippen LogP contribution in [-0.2, 0) is 9.59 Å². The van der Waals surface area contributed by atoms with Gasteiger partial charge in [-0.25, -0.2) is 0 Å². The second kappa shape index (κ2) is 6.97. The monoisotopic (exact) mass is 292 g/mol. The lowest BCUT2D eigenvalue weighted by Crippen LogP contribution is -2.42. The van der Waals surface area contributed by atoms with Gasteiger partial charge in [0, 0.05) is 12.5 Å². The summed E-state index contributed by atoms with van der Waals surface area (Å²) in [5.41, 5.74) is 0.528. The van der Waals surface area contributed by atoms with Gasteiger partial charge in [0.1, 0.15) is 17.5 Å². The van der Waals surface area contributed by atoms with Crippen LogP contribution in [0.15, 0.2) is 18.2 Å². The van der Waals surface area contributed by atoms with Crippen LogP contribution in [0.1, 0.15) is 25.7 Å². The van der Waals surface area contributed by atoms with Crippen LogP contribution in [0, 0.1) is 0 Å². The van der Waals surface area contributed by atoms with Gasteiger partial charge < -0.3 is 20.1 Å². The number of ether oxygens (including phenoxy) is 2. The minimum Gasteiger partial charge on any atom is -0.497 e. The van der Waals surface area contributed by atoms with Crippen LogP contribution in [0.25, 0.3) is 0 Å². The molecule has 1 heterocycles. The standard InChI is InChI=1S/C15H20N2O4/c1-20-10-7-8-13(21-2)12(9-10)17-15(19)11-5-3-4-6-14(18)16-11/h7-9,11H,3-6H2,1-2H3,(H,16,18)(H,17,19). The van der Waals surface area contributed by atoms with Crippen LogP contribution in [0.5, 0.6) is 11.5 Å². The van der Waals surface area contributed by atoms with Crippen molar-refractivity contribution in [1.29, 1.82) is 0 Å². The molecular formula is C15H20N2O4. The molecule has 2 amide bonds. The number of carbonyl (C=O) groups is 2. The molecule has 0 saturated carbocycles. The minimum atomic E-state index is -0.504. The molecule has 2 N–H and O–H groups in total. The van der Waals surface area contributed by atoms with Crippen molar-refractivity contribution < 1.29 is 19.1 Å². The molecule has 2 rings (SSSR count). The fraction of sp³-hybridized carbons (Fsp3) is 0.467. The summed E-state index contributed by atoms with van der Waals surface area (Å²) in [5.74, 6) is 0.849. The molecule has 1 unspecified atom stereocenters. The van der Waals surface area contributed by atoms with Crippen molar-refractivity contribution in [2.75, 3.05) is 19.5 Å². The first-order valence-corrected chi connectivity index (χ1v) is 6.96. The van der Waals surface area contributed by atoms with E-state index in [-0.39, 0.29) is 11.8 Å². The molecule has 6 heteroatoms. The Hall–Kier alpha value is -2.24. The number of methoxy groups -OCH3 is 2. The Morgan fingerprint density at radius 2 is 2.10 bits per heavy atom. The zero-order valence-corrected chi connectivity index (χ0v) is 12.3. The third-order valence-electron chi connectivity index (χ3n) is 3.46. The zero-order chi connectivity index (χ0) is 15.2. The minimum absolute atomic E-state index is 0.0785. The summed E-state index contributed by atoms with van der Waals surface area (Å²) in [6, 6.07) is 4.66. The van der Waals surface area contributed by atoms with Crippen LogP contribution in [0.3, 0.4) is 0 Å². The van der Waals surface area contributed by atoms with Gasteiger partial charge in [-0.2, -0.15) is 0 Å². The van der Waals surface area contributed by atoms with Gasteiger partial charge in [-0.05, 0) is 25.0 Å². The first kappa shape index (κ1) is 15.2. The van der Waals surface area contributed by atoms with Gasteiger partial charge in [0.05, 0.1) is 19.9 Å². The van der Waals surface area contributed by atoms with Gasteiger partial charge >= 0.3 is 0 Å². The van der Waals surface area contributed by atoms with Gasteiger partial charge in [-0.3, -0.25) is 9.59 Å². The number of carbonyl (C=O) groups excluding carboxylic acids is 2. The van der Waals surface area contributed by atoms with Crippen LogP contribution in [0.4, 0.5) is 5.69 Å². The molecule has 1 aromatic carbocycles. The Balaban J connectivity index is 2.12. The molecule has 21 heavy (non-hydrogen) atoms. The first-order chi connectivity index (χ1) is 10.1. The van der Waals surface area contributed by atoms with E-state index in [9.17, 15) is 9.59 Å². The predicted octanol–water partition coefficient (Wildman–Crippen LogP) is 1.70. The lowest BCUT2D eigenvalue weighted by molar-refractivity contribution is -0.126. The van der Waals surface area contributed by atoms with Crippen molar-refractivity contribution in [2.45, 2.75) is 31.7 Å². The predicted molar refractivity (Wildman–Crippen MR) is 78.6 cm³/mol. The third-order valence-corrected chi connectivity index (χ3v) is 3.46. The number of benzene rings is 1. The summed E-state index contributed by atoms with van der Waals surface area (Å²) in [4.78, 5) is 23.8. The molecule has 1 saturated heterocycles. The number of hydrogen-bond donors (Lipinski definition) is 2. The molecule has 114 valence electrons. The van der Waals surface area contributed by atoms with Gasteiger partial charge in [0.2, 0.25) is 11.8 Å². The fourth-order valence-electron chi connectivity index (χ4n) is 2.30. The highest BCUT2D eigenvalue weighted by atomic mass is 16.5. The molecule has 6 nitrogen and oxygen atoms in total. The molecule has 0 aliphatic carbocycles. The van der Waals surface area contributed by atoms with Crippen molar-refractivity contribution >= 4 is 17.5 Å². The van der Waals surface area contributed by atoms with Crippen molar-refractivity contribution in [3.63, 3.8) is 0 Å². The molecule has 0 radical (unpaired) electrons. The Morgan fingerprint density at radius 1 is 1.29 bits per heavy atom. The topological polar surface area (TPSA) is 76.7 Å². The lowest BCUT2D eigenvalue weighted by Gasteiger charge is -2.17. The highest BCUT2D eigenvalue weighted by Crippen LogP contribution is 2.29. The Bertz CT molecular complexity index is 530. The Morgan fingerprint density at radius 3 is 2.81 bits per heavy atom. The average molecular weight is 292 g/mol. The van der Waals surface area contributed by atoms with Crippen molar-refractivity contribution in [3.05, 3.63) is 18.2 Å². The highest BCUT2D eigenvalue weighted by molar-refractivity contribution is 5.98. The SMILES string of the molecule is COc1ccc(OC)c(NC(=O)C2CCCCC(=O)N2)c1. The largest absolute Gasteiger partial charge is 0.497 e. The summed E-state index contributed by atoms with van der Waals surface area (Å²) in [5, 5.41) is 5.54. The molecule has 1 atom stereocenters. The molecule has 1 fully saturated rings. The molecule has 1 aromatic rings. The third kappa shape index (κ3) is 3.87. The van der Waals surface area contributed by atoms with E-state index in [0.29, 0.717) is 30.0 Å². The van der Waals surface area contributed by atoms with Crippen LogP contribution in [0.2, 0.25) is 0 Å². The van der Waals surface area contributed by atoms with Gasteiger partial charge in [0.25, 0.3) is 0 Å². The summed E-state index contributed by atoms with van der Waals surface area (Å²) < 4.78 is 10.4. The molecular weight excluding hydrogens is 272 g/mol. The number of hydrogen-bond acceptors (Lipinski definition) is 4. The normalized spacial score (nSPS) is 18.4. The maximum atomic E-state index is 12.3. The number of rotatable bonds is 4. The number of nitrogens with one attached hydrogen (secondary N) is 2. The van der Waals surface area contributed by atoms with Crippen molar-refractivity contribution in [3.8, 4) is 11.5 Å². The summed E-state index contributed by atoms with van der Waals surface area (Å²) in [7, 11) is 3.09. The zero-order valence-electron chi connectivity index (χ0n) is 12.3. The molecule has 0 spiro atoms. The van der Waals surface area contributed by atoms with E-state index in [1.165, 1.54) is 7.11 Å². The second-order valence-corrected chi connectivity index (χ2v) is 4.92.